The van der Waals surface area contributed by atoms with Gasteiger partial charge in [-0.05, 0) is 24.6 Å². The van der Waals surface area contributed by atoms with Gasteiger partial charge in [0.2, 0.25) is 0 Å². The summed E-state index contributed by atoms with van der Waals surface area (Å²) in [5.41, 5.74) is 7.30. The number of aromatic nitrogens is 2. The topological polar surface area (TPSA) is 53.1 Å². The molecule has 0 amide bonds. The molecule has 0 bridgehead atoms. The summed E-state index contributed by atoms with van der Waals surface area (Å²) < 4.78 is 7.18. The van der Waals surface area contributed by atoms with Crippen LogP contribution in [0, 0.1) is 0 Å². The first-order valence-electron chi connectivity index (χ1n) is 6.15. The number of nitrogens with zero attached hydrogens (tertiary/aromatic N) is 2. The van der Waals surface area contributed by atoms with Crippen molar-refractivity contribution in [2.45, 2.75) is 23.4 Å². The summed E-state index contributed by atoms with van der Waals surface area (Å²) in [6.07, 6.45) is 3.74. The zero-order chi connectivity index (χ0) is 13.8. The van der Waals surface area contributed by atoms with Crippen LogP contribution in [0.5, 0.6) is 5.75 Å². The van der Waals surface area contributed by atoms with E-state index in [-0.39, 0.29) is 11.3 Å². The summed E-state index contributed by atoms with van der Waals surface area (Å²) in [5.74, 6) is 0.856. The van der Waals surface area contributed by atoms with Crippen molar-refractivity contribution in [3.8, 4) is 5.75 Å². The lowest BCUT2D eigenvalue weighted by Crippen LogP contribution is -2.22. The third-order valence-corrected chi connectivity index (χ3v) is 4.49. The van der Waals surface area contributed by atoms with Crippen molar-refractivity contribution in [3.05, 3.63) is 42.2 Å². The Morgan fingerprint density at radius 3 is 2.47 bits per heavy atom. The van der Waals surface area contributed by atoms with Crippen molar-refractivity contribution in [2.75, 3.05) is 7.11 Å². The molecular weight excluding hydrogens is 258 g/mol. The van der Waals surface area contributed by atoms with Gasteiger partial charge in [-0.3, -0.25) is 0 Å². The van der Waals surface area contributed by atoms with Crippen molar-refractivity contribution in [1.29, 1.82) is 0 Å². The monoisotopic (exact) mass is 277 g/mol. The van der Waals surface area contributed by atoms with Crippen LogP contribution in [-0.2, 0) is 7.05 Å². The Kier molecular flexibility index (Phi) is 4.50. The third-order valence-electron chi connectivity index (χ3n) is 2.93. The molecule has 0 aliphatic rings. The molecule has 19 heavy (non-hydrogen) atoms. The molecule has 0 spiro atoms. The van der Waals surface area contributed by atoms with Crippen LogP contribution in [0.1, 0.15) is 17.7 Å². The van der Waals surface area contributed by atoms with E-state index in [1.54, 1.807) is 25.1 Å². The van der Waals surface area contributed by atoms with E-state index in [0.717, 1.165) is 10.9 Å². The Labute approximate surface area is 118 Å². The van der Waals surface area contributed by atoms with E-state index in [1.807, 2.05) is 36.9 Å². The van der Waals surface area contributed by atoms with Gasteiger partial charge < -0.3 is 15.0 Å². The summed E-state index contributed by atoms with van der Waals surface area (Å²) in [6.45, 7) is 2.02. The van der Waals surface area contributed by atoms with E-state index in [2.05, 4.69) is 17.1 Å². The number of hydrogen-bond acceptors (Lipinski definition) is 4. The molecule has 0 saturated carbocycles. The molecule has 2 N–H and O–H groups in total. The van der Waals surface area contributed by atoms with Gasteiger partial charge in [-0.1, -0.05) is 23.9 Å². The average molecular weight is 277 g/mol. The third kappa shape index (κ3) is 3.30. The minimum Gasteiger partial charge on any atom is -0.497 e. The number of thioether (sulfide) groups is 1. The highest BCUT2D eigenvalue weighted by molar-refractivity contribution is 7.99. The van der Waals surface area contributed by atoms with Crippen LogP contribution in [0.4, 0.5) is 0 Å². The van der Waals surface area contributed by atoms with Crippen LogP contribution < -0.4 is 10.5 Å². The maximum Gasteiger partial charge on any atom is 0.168 e. The van der Waals surface area contributed by atoms with Crippen LogP contribution in [-0.4, -0.2) is 22.7 Å². The van der Waals surface area contributed by atoms with Crippen molar-refractivity contribution >= 4 is 11.8 Å². The molecule has 2 rings (SSSR count). The van der Waals surface area contributed by atoms with Crippen LogP contribution in [0.3, 0.4) is 0 Å². The van der Waals surface area contributed by atoms with Crippen molar-refractivity contribution in [1.82, 2.24) is 9.55 Å². The number of benzene rings is 1. The van der Waals surface area contributed by atoms with Gasteiger partial charge in [-0.2, -0.15) is 0 Å². The van der Waals surface area contributed by atoms with Gasteiger partial charge in [0.05, 0.1) is 12.4 Å². The van der Waals surface area contributed by atoms with Crippen LogP contribution in [0.25, 0.3) is 0 Å². The van der Waals surface area contributed by atoms with Gasteiger partial charge in [0.1, 0.15) is 5.75 Å². The molecule has 4 nitrogen and oxygen atoms in total. The van der Waals surface area contributed by atoms with E-state index in [0.29, 0.717) is 0 Å². The fourth-order valence-electron chi connectivity index (χ4n) is 1.85. The molecule has 5 heteroatoms. The van der Waals surface area contributed by atoms with Crippen molar-refractivity contribution < 1.29 is 4.74 Å². The Bertz CT molecular complexity index is 522. The summed E-state index contributed by atoms with van der Waals surface area (Å²) in [4.78, 5) is 4.34. The summed E-state index contributed by atoms with van der Waals surface area (Å²) in [7, 11) is 3.66. The first kappa shape index (κ1) is 14.0. The highest BCUT2D eigenvalue weighted by atomic mass is 32.2. The molecule has 2 aromatic rings. The van der Waals surface area contributed by atoms with Crippen molar-refractivity contribution in [3.63, 3.8) is 0 Å². The van der Waals surface area contributed by atoms with Gasteiger partial charge in [0.25, 0.3) is 0 Å². The number of rotatable bonds is 5. The Balaban J connectivity index is 2.22. The minimum absolute atomic E-state index is 0.0371. The van der Waals surface area contributed by atoms with Crippen LogP contribution in [0.15, 0.2) is 41.8 Å². The number of aryl methyl sites for hydroxylation is 1. The maximum atomic E-state index is 6.12. The number of ether oxygens (including phenoxy) is 1. The molecule has 2 atom stereocenters. The fourth-order valence-corrected chi connectivity index (χ4v) is 2.94. The Morgan fingerprint density at radius 1 is 1.32 bits per heavy atom. The van der Waals surface area contributed by atoms with E-state index in [9.17, 15) is 0 Å². The molecule has 0 aliphatic carbocycles. The summed E-state index contributed by atoms with van der Waals surface area (Å²) >= 11 is 1.68. The van der Waals surface area contributed by atoms with Gasteiger partial charge >= 0.3 is 0 Å². The molecule has 0 radical (unpaired) electrons. The van der Waals surface area contributed by atoms with E-state index < -0.39 is 0 Å². The van der Waals surface area contributed by atoms with Gasteiger partial charge in [0.15, 0.2) is 5.16 Å². The number of hydrogen-bond donors (Lipinski definition) is 1. The zero-order valence-electron chi connectivity index (χ0n) is 11.4. The van der Waals surface area contributed by atoms with Crippen molar-refractivity contribution in [2.24, 2.45) is 12.8 Å². The Morgan fingerprint density at radius 2 is 2.00 bits per heavy atom. The highest BCUT2D eigenvalue weighted by Crippen LogP contribution is 2.36. The first-order valence-corrected chi connectivity index (χ1v) is 7.03. The molecular formula is C14H19N3OS. The number of methoxy groups -OCH3 is 1. The summed E-state index contributed by atoms with van der Waals surface area (Å²) in [6, 6.07) is 8.08. The van der Waals surface area contributed by atoms with Crippen LogP contribution >= 0.6 is 11.8 Å². The Hall–Kier alpha value is -1.46. The molecule has 0 aliphatic heterocycles. The molecule has 0 fully saturated rings. The zero-order valence-corrected chi connectivity index (χ0v) is 12.2. The summed E-state index contributed by atoms with van der Waals surface area (Å²) in [5, 5.41) is 1.14. The molecule has 0 saturated heterocycles. The normalized spacial score (nSPS) is 14.1. The second-order valence-electron chi connectivity index (χ2n) is 4.49. The quantitative estimate of drug-likeness (QED) is 0.854. The molecule has 1 aromatic carbocycles. The fraction of sp³-hybridized carbons (Fsp3) is 0.357. The largest absolute Gasteiger partial charge is 0.497 e. The molecule has 2 unspecified atom stereocenters. The lowest BCUT2D eigenvalue weighted by atomic mass is 10.1. The standard InChI is InChI=1S/C14H19N3OS/c1-10(15)13(19-14-16-8-9-17(14)2)11-4-6-12(18-3)7-5-11/h4-10,13H,15H2,1-3H3. The lowest BCUT2D eigenvalue weighted by molar-refractivity contribution is 0.414. The van der Waals surface area contributed by atoms with Gasteiger partial charge in [-0.15, -0.1) is 0 Å². The molecule has 102 valence electrons. The maximum absolute atomic E-state index is 6.12. The predicted molar refractivity (Wildman–Crippen MR) is 78.4 cm³/mol. The van der Waals surface area contributed by atoms with E-state index in [1.165, 1.54) is 5.56 Å². The highest BCUT2D eigenvalue weighted by Gasteiger charge is 2.19. The van der Waals surface area contributed by atoms with Gasteiger partial charge in [0, 0.05) is 25.5 Å². The first-order chi connectivity index (χ1) is 9.11. The molecule has 1 heterocycles. The predicted octanol–water partition coefficient (Wildman–Crippen LogP) is 2.61. The van der Waals surface area contributed by atoms with Gasteiger partial charge in [-0.25, -0.2) is 4.98 Å². The second kappa shape index (κ2) is 6.12. The molecule has 1 aromatic heterocycles. The average Bonchev–Trinajstić information content (AvgIpc) is 2.81. The second-order valence-corrected chi connectivity index (χ2v) is 5.60. The number of nitrogens with two attached hydrogens (primary N) is 1. The lowest BCUT2D eigenvalue weighted by Gasteiger charge is -2.20. The minimum atomic E-state index is 0.0371. The SMILES string of the molecule is COc1ccc(C(Sc2nccn2C)C(C)N)cc1. The number of imidazole rings is 1. The van der Waals surface area contributed by atoms with E-state index in [4.69, 9.17) is 10.5 Å². The van der Waals surface area contributed by atoms with Crippen LogP contribution in [0.2, 0.25) is 0 Å². The van der Waals surface area contributed by atoms with E-state index >= 15 is 0 Å². The smallest absolute Gasteiger partial charge is 0.168 e.